The van der Waals surface area contributed by atoms with Crippen LogP contribution in [0.25, 0.3) is 10.9 Å². The Labute approximate surface area is 126 Å². The number of benzene rings is 1. The lowest BCUT2D eigenvalue weighted by atomic mass is 10.1. The monoisotopic (exact) mass is 330 g/mol. The van der Waals surface area contributed by atoms with E-state index in [9.17, 15) is 4.79 Å². The average Bonchev–Trinajstić information content (AvgIpc) is 2.43. The number of para-hydroxylation sites is 1. The van der Waals surface area contributed by atoms with Crippen molar-refractivity contribution in [2.45, 2.75) is 25.7 Å². The quantitative estimate of drug-likeness (QED) is 0.661. The fourth-order valence-corrected chi connectivity index (χ4v) is 2.31. The third-order valence-electron chi connectivity index (χ3n) is 2.93. The number of rotatable bonds is 5. The molecule has 1 heterocycles. The molecule has 1 amide bonds. The number of halogens is 1. The summed E-state index contributed by atoms with van der Waals surface area (Å²) in [6.45, 7) is 0. The highest BCUT2D eigenvalue weighted by Crippen LogP contribution is 2.24. The van der Waals surface area contributed by atoms with Crippen molar-refractivity contribution < 1.29 is 4.79 Å². The molecule has 2 aromatic rings. The van der Waals surface area contributed by atoms with E-state index in [1.165, 1.54) is 0 Å². The minimum absolute atomic E-state index is 0.000704. The number of pyridine rings is 1. The Morgan fingerprint density at radius 3 is 3.05 bits per heavy atom. The smallest absolute Gasteiger partial charge is 0.224 e. The highest BCUT2D eigenvalue weighted by Gasteiger charge is 2.06. The van der Waals surface area contributed by atoms with E-state index in [1.807, 2.05) is 24.3 Å². The Morgan fingerprint density at radius 2 is 2.25 bits per heavy atom. The number of carbonyl (C=O) groups is 1. The molecule has 0 bridgehead atoms. The van der Waals surface area contributed by atoms with E-state index in [4.69, 9.17) is 6.42 Å². The van der Waals surface area contributed by atoms with Crippen LogP contribution >= 0.6 is 15.9 Å². The highest BCUT2D eigenvalue weighted by atomic mass is 79.9. The van der Waals surface area contributed by atoms with Crippen LogP contribution in [-0.2, 0) is 4.79 Å². The standard InChI is InChI=1S/C16H15BrN2O/c1-2-3-4-5-9-15(20)19-14-8-6-7-12-10-13(17)11-18-16(12)14/h1,6-8,10-11H,3-5,9H2,(H,19,20). The second-order valence-corrected chi connectivity index (χ2v) is 5.41. The number of nitrogens with one attached hydrogen (secondary N) is 1. The maximum absolute atomic E-state index is 11.9. The van der Waals surface area contributed by atoms with Crippen LogP contribution in [0, 0.1) is 12.3 Å². The van der Waals surface area contributed by atoms with Gasteiger partial charge in [-0.3, -0.25) is 9.78 Å². The Hall–Kier alpha value is -1.86. The number of terminal acetylenes is 1. The van der Waals surface area contributed by atoms with E-state index in [0.29, 0.717) is 6.42 Å². The molecule has 0 radical (unpaired) electrons. The first-order valence-corrected chi connectivity index (χ1v) is 7.27. The van der Waals surface area contributed by atoms with E-state index in [2.05, 4.69) is 32.2 Å². The van der Waals surface area contributed by atoms with Gasteiger partial charge in [0, 0.05) is 28.9 Å². The van der Waals surface area contributed by atoms with Gasteiger partial charge in [0.25, 0.3) is 0 Å². The molecule has 0 aliphatic carbocycles. The van der Waals surface area contributed by atoms with Gasteiger partial charge in [0.15, 0.2) is 0 Å². The Kier molecular flexibility index (Phi) is 5.14. The number of anilines is 1. The molecule has 102 valence electrons. The Bertz CT molecular complexity index is 661. The number of unbranched alkanes of at least 4 members (excludes halogenated alkanes) is 2. The molecule has 0 spiro atoms. The van der Waals surface area contributed by atoms with Crippen LogP contribution in [0.4, 0.5) is 5.69 Å². The van der Waals surface area contributed by atoms with Gasteiger partial charge in [-0.2, -0.15) is 0 Å². The highest BCUT2D eigenvalue weighted by molar-refractivity contribution is 9.10. The van der Waals surface area contributed by atoms with Crippen LogP contribution in [-0.4, -0.2) is 10.9 Å². The maximum Gasteiger partial charge on any atom is 0.224 e. The van der Waals surface area contributed by atoms with Crippen LogP contribution in [0.2, 0.25) is 0 Å². The van der Waals surface area contributed by atoms with Crippen molar-refractivity contribution in [3.63, 3.8) is 0 Å². The number of nitrogens with zero attached hydrogens (tertiary/aromatic N) is 1. The van der Waals surface area contributed by atoms with Crippen molar-refractivity contribution >= 4 is 38.4 Å². The largest absolute Gasteiger partial charge is 0.324 e. The summed E-state index contributed by atoms with van der Waals surface area (Å²) >= 11 is 3.39. The molecule has 2 rings (SSSR count). The minimum Gasteiger partial charge on any atom is -0.324 e. The number of aromatic nitrogens is 1. The van der Waals surface area contributed by atoms with E-state index >= 15 is 0 Å². The van der Waals surface area contributed by atoms with Crippen LogP contribution in [0.1, 0.15) is 25.7 Å². The SMILES string of the molecule is C#CCCCCC(=O)Nc1cccc2cc(Br)cnc12. The first kappa shape index (κ1) is 14.5. The molecule has 0 aliphatic heterocycles. The third-order valence-corrected chi connectivity index (χ3v) is 3.36. The fraction of sp³-hybridized carbons (Fsp3) is 0.250. The third kappa shape index (κ3) is 3.82. The summed E-state index contributed by atoms with van der Waals surface area (Å²) in [6, 6.07) is 7.72. The molecule has 3 nitrogen and oxygen atoms in total. The van der Waals surface area contributed by atoms with Crippen molar-refractivity contribution in [2.24, 2.45) is 0 Å². The van der Waals surface area contributed by atoms with Crippen molar-refractivity contribution in [3.05, 3.63) is 34.9 Å². The predicted molar refractivity (Wildman–Crippen MR) is 85.4 cm³/mol. The van der Waals surface area contributed by atoms with Gasteiger partial charge in [0.1, 0.15) is 0 Å². The zero-order chi connectivity index (χ0) is 14.4. The van der Waals surface area contributed by atoms with Crippen molar-refractivity contribution in [1.82, 2.24) is 4.98 Å². The maximum atomic E-state index is 11.9. The fourth-order valence-electron chi connectivity index (χ4n) is 1.96. The summed E-state index contributed by atoms with van der Waals surface area (Å²) in [5.41, 5.74) is 1.55. The Balaban J connectivity index is 2.06. The lowest BCUT2D eigenvalue weighted by Crippen LogP contribution is -2.11. The minimum atomic E-state index is -0.000704. The summed E-state index contributed by atoms with van der Waals surface area (Å²) in [5, 5.41) is 3.90. The van der Waals surface area contributed by atoms with Crippen LogP contribution in [0.3, 0.4) is 0 Å². The number of amides is 1. The van der Waals surface area contributed by atoms with Crippen LogP contribution < -0.4 is 5.32 Å². The lowest BCUT2D eigenvalue weighted by Gasteiger charge is -2.08. The summed E-state index contributed by atoms with van der Waals surface area (Å²) in [4.78, 5) is 16.2. The number of fused-ring (bicyclic) bond motifs is 1. The molecule has 0 saturated carbocycles. The predicted octanol–water partition coefficient (Wildman–Crippen LogP) is 4.13. The second kappa shape index (κ2) is 7.06. The van der Waals surface area contributed by atoms with E-state index in [0.717, 1.165) is 40.3 Å². The molecule has 4 heteroatoms. The molecular weight excluding hydrogens is 316 g/mol. The molecule has 1 N–H and O–H groups in total. The zero-order valence-corrected chi connectivity index (χ0v) is 12.6. The molecule has 0 atom stereocenters. The molecule has 20 heavy (non-hydrogen) atoms. The molecule has 1 aromatic carbocycles. The van der Waals surface area contributed by atoms with Crippen molar-refractivity contribution in [3.8, 4) is 12.3 Å². The number of hydrogen-bond donors (Lipinski definition) is 1. The number of hydrogen-bond acceptors (Lipinski definition) is 2. The Morgan fingerprint density at radius 1 is 1.40 bits per heavy atom. The second-order valence-electron chi connectivity index (χ2n) is 4.49. The summed E-state index contributed by atoms with van der Waals surface area (Å²) < 4.78 is 0.919. The lowest BCUT2D eigenvalue weighted by molar-refractivity contribution is -0.116. The van der Waals surface area contributed by atoms with Crippen molar-refractivity contribution in [2.75, 3.05) is 5.32 Å². The molecule has 0 fully saturated rings. The van der Waals surface area contributed by atoms with Gasteiger partial charge in [-0.1, -0.05) is 12.1 Å². The zero-order valence-electron chi connectivity index (χ0n) is 11.0. The van der Waals surface area contributed by atoms with Gasteiger partial charge in [-0.05, 0) is 40.9 Å². The normalized spacial score (nSPS) is 10.2. The van der Waals surface area contributed by atoms with Gasteiger partial charge >= 0.3 is 0 Å². The molecule has 1 aromatic heterocycles. The van der Waals surface area contributed by atoms with Crippen LogP contribution in [0.15, 0.2) is 34.9 Å². The van der Waals surface area contributed by atoms with Gasteiger partial charge in [0.2, 0.25) is 5.91 Å². The number of carbonyl (C=O) groups excluding carboxylic acids is 1. The van der Waals surface area contributed by atoms with E-state index < -0.39 is 0 Å². The van der Waals surface area contributed by atoms with Gasteiger partial charge in [-0.15, -0.1) is 12.3 Å². The molecule has 0 aliphatic rings. The van der Waals surface area contributed by atoms with Gasteiger partial charge < -0.3 is 5.32 Å². The first-order valence-electron chi connectivity index (χ1n) is 6.48. The summed E-state index contributed by atoms with van der Waals surface area (Å²) in [5.74, 6) is 2.57. The van der Waals surface area contributed by atoms with E-state index in [1.54, 1.807) is 6.20 Å². The van der Waals surface area contributed by atoms with E-state index in [-0.39, 0.29) is 5.91 Å². The average molecular weight is 331 g/mol. The topological polar surface area (TPSA) is 42.0 Å². The summed E-state index contributed by atoms with van der Waals surface area (Å²) in [6.07, 6.45) is 9.79. The molecule has 0 saturated heterocycles. The van der Waals surface area contributed by atoms with Crippen molar-refractivity contribution in [1.29, 1.82) is 0 Å². The van der Waals surface area contributed by atoms with Gasteiger partial charge in [-0.25, -0.2) is 0 Å². The van der Waals surface area contributed by atoms with Gasteiger partial charge in [0.05, 0.1) is 11.2 Å². The summed E-state index contributed by atoms with van der Waals surface area (Å²) in [7, 11) is 0. The molecular formula is C16H15BrN2O. The molecule has 0 unspecified atom stereocenters. The van der Waals surface area contributed by atoms with Crippen LogP contribution in [0.5, 0.6) is 0 Å². The first-order chi connectivity index (χ1) is 9.70.